The average Bonchev–Trinajstić information content (AvgIpc) is 2.94. The number of aromatic nitrogens is 2. The standard InChI is InChI=1S/C14H11N3O2S2/c15-11-10-5-6-20-12(10)17-14(16-11)21-7-8-1-3-9(4-2-8)13(18)19/h1-6H,7H2,(H,18,19)(H2,15,16,17). The van der Waals surface area contributed by atoms with E-state index in [1.54, 1.807) is 24.3 Å². The minimum absolute atomic E-state index is 0.282. The number of nitrogens with zero attached hydrogens (tertiary/aromatic N) is 2. The number of anilines is 1. The van der Waals surface area contributed by atoms with Gasteiger partial charge in [-0.1, -0.05) is 23.9 Å². The van der Waals surface area contributed by atoms with E-state index in [0.717, 1.165) is 15.8 Å². The highest BCUT2D eigenvalue weighted by Gasteiger charge is 2.07. The summed E-state index contributed by atoms with van der Waals surface area (Å²) in [5.74, 6) is 0.231. The summed E-state index contributed by atoms with van der Waals surface area (Å²) in [5.41, 5.74) is 7.19. The Morgan fingerprint density at radius 2 is 2.00 bits per heavy atom. The van der Waals surface area contributed by atoms with Crippen LogP contribution in [0.1, 0.15) is 15.9 Å². The highest BCUT2D eigenvalue weighted by Crippen LogP contribution is 2.27. The van der Waals surface area contributed by atoms with Crippen LogP contribution < -0.4 is 5.73 Å². The molecule has 0 saturated carbocycles. The number of benzene rings is 1. The van der Waals surface area contributed by atoms with Gasteiger partial charge >= 0.3 is 5.97 Å². The Morgan fingerprint density at radius 1 is 1.24 bits per heavy atom. The van der Waals surface area contributed by atoms with E-state index in [0.29, 0.717) is 16.7 Å². The van der Waals surface area contributed by atoms with Gasteiger partial charge in [-0.2, -0.15) is 0 Å². The van der Waals surface area contributed by atoms with Gasteiger partial charge < -0.3 is 10.8 Å². The normalized spacial score (nSPS) is 10.9. The summed E-state index contributed by atoms with van der Waals surface area (Å²) in [6, 6.07) is 8.69. The molecule has 0 amide bonds. The van der Waals surface area contributed by atoms with Gasteiger partial charge in [-0.15, -0.1) is 11.3 Å². The van der Waals surface area contributed by atoms with Crippen LogP contribution in [0.3, 0.4) is 0 Å². The third-order valence-electron chi connectivity index (χ3n) is 2.90. The molecule has 0 spiro atoms. The molecule has 0 atom stereocenters. The molecule has 0 saturated heterocycles. The summed E-state index contributed by atoms with van der Waals surface area (Å²) >= 11 is 3.01. The Balaban J connectivity index is 1.75. The van der Waals surface area contributed by atoms with Crippen molar-refractivity contribution in [2.75, 3.05) is 5.73 Å². The first-order chi connectivity index (χ1) is 10.1. The topological polar surface area (TPSA) is 89.1 Å². The monoisotopic (exact) mass is 317 g/mol. The molecule has 0 radical (unpaired) electrons. The molecular weight excluding hydrogens is 306 g/mol. The fourth-order valence-corrected chi connectivity index (χ4v) is 3.45. The second kappa shape index (κ2) is 5.71. The number of hydrogen-bond donors (Lipinski definition) is 2. The smallest absolute Gasteiger partial charge is 0.335 e. The molecule has 5 nitrogen and oxygen atoms in total. The molecule has 0 aliphatic carbocycles. The van der Waals surface area contributed by atoms with Crippen molar-refractivity contribution in [1.82, 2.24) is 9.97 Å². The van der Waals surface area contributed by atoms with Crippen LogP contribution in [0.5, 0.6) is 0 Å². The number of carbonyl (C=O) groups is 1. The van der Waals surface area contributed by atoms with Gasteiger partial charge in [0.1, 0.15) is 10.6 Å². The number of hydrogen-bond acceptors (Lipinski definition) is 6. The number of thiophene rings is 1. The van der Waals surface area contributed by atoms with E-state index >= 15 is 0 Å². The quantitative estimate of drug-likeness (QED) is 0.567. The number of nitrogens with two attached hydrogens (primary N) is 1. The van der Waals surface area contributed by atoms with E-state index in [9.17, 15) is 4.79 Å². The Hall–Kier alpha value is -2.12. The van der Waals surface area contributed by atoms with Crippen molar-refractivity contribution >= 4 is 45.1 Å². The molecule has 21 heavy (non-hydrogen) atoms. The first-order valence-electron chi connectivity index (χ1n) is 6.09. The molecular formula is C14H11N3O2S2. The van der Waals surface area contributed by atoms with Crippen LogP contribution in [0.4, 0.5) is 5.82 Å². The number of rotatable bonds is 4. The first-order valence-corrected chi connectivity index (χ1v) is 7.96. The molecule has 106 valence electrons. The summed E-state index contributed by atoms with van der Waals surface area (Å²) in [6.45, 7) is 0. The van der Waals surface area contributed by atoms with Crippen LogP contribution in [0.2, 0.25) is 0 Å². The zero-order valence-corrected chi connectivity index (χ0v) is 12.4. The van der Waals surface area contributed by atoms with Gasteiger partial charge in [-0.05, 0) is 29.1 Å². The van der Waals surface area contributed by atoms with Gasteiger partial charge in [0.15, 0.2) is 5.16 Å². The van der Waals surface area contributed by atoms with Gasteiger partial charge in [-0.3, -0.25) is 0 Å². The molecule has 3 aromatic rings. The SMILES string of the molecule is Nc1nc(SCc2ccc(C(=O)O)cc2)nc2sccc12. The molecule has 2 heterocycles. The van der Waals surface area contributed by atoms with Gasteiger partial charge in [0.2, 0.25) is 0 Å². The molecule has 0 aliphatic heterocycles. The lowest BCUT2D eigenvalue weighted by Crippen LogP contribution is -1.96. The number of fused-ring (bicyclic) bond motifs is 1. The van der Waals surface area contributed by atoms with E-state index < -0.39 is 5.97 Å². The molecule has 2 aromatic heterocycles. The van der Waals surface area contributed by atoms with E-state index in [1.807, 2.05) is 11.4 Å². The number of carboxylic acid groups (broad SMARTS) is 1. The maximum atomic E-state index is 10.8. The molecule has 7 heteroatoms. The summed E-state index contributed by atoms with van der Waals surface area (Å²) in [4.78, 5) is 20.4. The van der Waals surface area contributed by atoms with Crippen LogP contribution in [0, 0.1) is 0 Å². The van der Waals surface area contributed by atoms with Crippen molar-refractivity contribution in [3.05, 3.63) is 46.8 Å². The largest absolute Gasteiger partial charge is 0.478 e. The number of carboxylic acids is 1. The summed E-state index contributed by atoms with van der Waals surface area (Å²) < 4.78 is 0. The second-order valence-corrected chi connectivity index (χ2v) is 6.16. The summed E-state index contributed by atoms with van der Waals surface area (Å²) in [6.07, 6.45) is 0. The predicted molar refractivity (Wildman–Crippen MR) is 84.8 cm³/mol. The Morgan fingerprint density at radius 3 is 2.71 bits per heavy atom. The predicted octanol–water partition coefficient (Wildman–Crippen LogP) is 3.26. The molecule has 0 fully saturated rings. The van der Waals surface area contributed by atoms with Crippen molar-refractivity contribution in [1.29, 1.82) is 0 Å². The Bertz CT molecular complexity index is 800. The summed E-state index contributed by atoms with van der Waals surface area (Å²) in [5, 5.41) is 12.3. The lowest BCUT2D eigenvalue weighted by molar-refractivity contribution is 0.0697. The minimum Gasteiger partial charge on any atom is -0.478 e. The van der Waals surface area contributed by atoms with Crippen molar-refractivity contribution in [2.24, 2.45) is 0 Å². The zero-order valence-electron chi connectivity index (χ0n) is 10.8. The molecule has 1 aromatic carbocycles. The maximum Gasteiger partial charge on any atom is 0.335 e. The minimum atomic E-state index is -0.923. The van der Waals surface area contributed by atoms with Crippen molar-refractivity contribution < 1.29 is 9.90 Å². The molecule has 0 bridgehead atoms. The van der Waals surface area contributed by atoms with Crippen LogP contribution in [0.25, 0.3) is 10.2 Å². The highest BCUT2D eigenvalue weighted by molar-refractivity contribution is 7.98. The zero-order chi connectivity index (χ0) is 14.8. The van der Waals surface area contributed by atoms with E-state index in [1.165, 1.54) is 23.1 Å². The molecule has 3 rings (SSSR count). The highest BCUT2D eigenvalue weighted by atomic mass is 32.2. The van der Waals surface area contributed by atoms with Crippen LogP contribution in [0.15, 0.2) is 40.9 Å². The van der Waals surface area contributed by atoms with E-state index in [2.05, 4.69) is 9.97 Å². The fraction of sp³-hybridized carbons (Fsp3) is 0.0714. The average molecular weight is 317 g/mol. The van der Waals surface area contributed by atoms with Gasteiger partial charge in [-0.25, -0.2) is 14.8 Å². The van der Waals surface area contributed by atoms with Crippen LogP contribution in [-0.2, 0) is 5.75 Å². The van der Waals surface area contributed by atoms with Gasteiger partial charge in [0, 0.05) is 5.75 Å². The van der Waals surface area contributed by atoms with Crippen molar-refractivity contribution in [2.45, 2.75) is 10.9 Å². The number of nitrogen functional groups attached to an aromatic ring is 1. The summed E-state index contributed by atoms with van der Waals surface area (Å²) in [7, 11) is 0. The van der Waals surface area contributed by atoms with E-state index in [4.69, 9.17) is 10.8 Å². The Labute approximate surface area is 128 Å². The fourth-order valence-electron chi connectivity index (χ4n) is 1.81. The van der Waals surface area contributed by atoms with Gasteiger partial charge in [0.05, 0.1) is 10.9 Å². The number of aromatic carboxylic acids is 1. The lowest BCUT2D eigenvalue weighted by Gasteiger charge is -2.03. The number of thioether (sulfide) groups is 1. The van der Waals surface area contributed by atoms with E-state index in [-0.39, 0.29) is 5.56 Å². The molecule has 0 aliphatic rings. The maximum absolute atomic E-state index is 10.8. The Kier molecular flexibility index (Phi) is 3.76. The van der Waals surface area contributed by atoms with Crippen LogP contribution >= 0.6 is 23.1 Å². The van der Waals surface area contributed by atoms with Gasteiger partial charge in [0.25, 0.3) is 0 Å². The first kappa shape index (κ1) is 13.8. The van der Waals surface area contributed by atoms with Crippen molar-refractivity contribution in [3.8, 4) is 0 Å². The van der Waals surface area contributed by atoms with Crippen LogP contribution in [-0.4, -0.2) is 21.0 Å². The lowest BCUT2D eigenvalue weighted by atomic mass is 10.1. The second-order valence-electron chi connectivity index (χ2n) is 4.32. The third kappa shape index (κ3) is 2.98. The third-order valence-corrected chi connectivity index (χ3v) is 4.63. The molecule has 3 N–H and O–H groups in total. The molecule has 0 unspecified atom stereocenters. The van der Waals surface area contributed by atoms with Crippen molar-refractivity contribution in [3.63, 3.8) is 0 Å².